The van der Waals surface area contributed by atoms with Gasteiger partial charge in [-0.1, -0.05) is 36.4 Å². The molecule has 0 fully saturated rings. The van der Waals surface area contributed by atoms with Crippen molar-refractivity contribution in [3.05, 3.63) is 104 Å². The van der Waals surface area contributed by atoms with Gasteiger partial charge in [0.25, 0.3) is 11.6 Å². The molecule has 0 aliphatic carbocycles. The Morgan fingerprint density at radius 2 is 1.83 bits per heavy atom. The van der Waals surface area contributed by atoms with E-state index in [2.05, 4.69) is 21.2 Å². The summed E-state index contributed by atoms with van der Waals surface area (Å²) in [5.41, 5.74) is 0.236. The predicted octanol–water partition coefficient (Wildman–Crippen LogP) is 6.68. The van der Waals surface area contributed by atoms with Gasteiger partial charge in [0, 0.05) is 12.1 Å². The Labute approximate surface area is 243 Å². The van der Waals surface area contributed by atoms with E-state index in [4.69, 9.17) is 14.2 Å². The number of carbonyl (C=O) groups excluding carboxylic acids is 2. The monoisotopic (exact) mass is 615 g/mol. The van der Waals surface area contributed by atoms with Crippen LogP contribution < -0.4 is 19.5 Å². The van der Waals surface area contributed by atoms with Crippen molar-refractivity contribution >= 4 is 56.0 Å². The highest BCUT2D eigenvalue weighted by molar-refractivity contribution is 9.10. The van der Waals surface area contributed by atoms with Crippen LogP contribution in [0, 0.1) is 21.4 Å². The molecule has 0 spiro atoms. The van der Waals surface area contributed by atoms with Gasteiger partial charge >= 0.3 is 5.97 Å². The van der Waals surface area contributed by atoms with Crippen LogP contribution in [-0.4, -0.2) is 30.5 Å². The van der Waals surface area contributed by atoms with Crippen molar-refractivity contribution in [1.82, 2.24) is 0 Å². The van der Waals surface area contributed by atoms with Gasteiger partial charge in [-0.3, -0.25) is 14.9 Å². The predicted molar refractivity (Wildman–Crippen MR) is 156 cm³/mol. The number of carbonyl (C=O) groups is 2. The Morgan fingerprint density at radius 3 is 2.54 bits per heavy atom. The molecule has 4 aromatic rings. The molecule has 0 aliphatic heterocycles. The summed E-state index contributed by atoms with van der Waals surface area (Å²) in [7, 11) is 1.35. The van der Waals surface area contributed by atoms with E-state index in [1.807, 2.05) is 36.4 Å². The van der Waals surface area contributed by atoms with E-state index in [1.54, 1.807) is 25.1 Å². The second kappa shape index (κ2) is 12.8. The fraction of sp³-hybridized carbons (Fsp3) is 0.100. The van der Waals surface area contributed by atoms with Gasteiger partial charge in [0.1, 0.15) is 17.4 Å². The Balaban J connectivity index is 1.65. The SMILES string of the molecule is CCOc1cc(/C=C(\C#N)C(=O)Nc2cc([N+](=O)[O-])ccc2OC)cc(Br)c1OC(=O)c1cccc2ccccc12. The number of nitrogens with zero attached hydrogens (tertiary/aromatic N) is 2. The molecule has 0 saturated heterocycles. The van der Waals surface area contributed by atoms with Crippen molar-refractivity contribution < 1.29 is 28.7 Å². The van der Waals surface area contributed by atoms with Crippen molar-refractivity contribution in [3.8, 4) is 23.3 Å². The summed E-state index contributed by atoms with van der Waals surface area (Å²) >= 11 is 3.41. The lowest BCUT2D eigenvalue weighted by molar-refractivity contribution is -0.384. The molecule has 0 bridgehead atoms. The number of amides is 1. The summed E-state index contributed by atoms with van der Waals surface area (Å²) in [4.78, 5) is 36.6. The third kappa shape index (κ3) is 6.51. The summed E-state index contributed by atoms with van der Waals surface area (Å²) in [5.74, 6) is -0.882. The number of methoxy groups -OCH3 is 1. The van der Waals surface area contributed by atoms with Crippen LogP contribution in [-0.2, 0) is 4.79 Å². The molecule has 0 atom stereocenters. The molecular formula is C30H22BrN3O7. The number of halogens is 1. The number of nitriles is 1. The number of esters is 1. The van der Waals surface area contributed by atoms with E-state index in [0.717, 1.165) is 16.8 Å². The van der Waals surface area contributed by atoms with Crippen molar-refractivity contribution in [1.29, 1.82) is 5.26 Å². The number of non-ortho nitro benzene ring substituents is 1. The molecule has 0 saturated carbocycles. The van der Waals surface area contributed by atoms with Gasteiger partial charge in [-0.25, -0.2) is 4.79 Å². The maximum atomic E-state index is 13.2. The lowest BCUT2D eigenvalue weighted by Crippen LogP contribution is -2.14. The molecule has 0 heterocycles. The van der Waals surface area contributed by atoms with Crippen molar-refractivity contribution in [3.63, 3.8) is 0 Å². The van der Waals surface area contributed by atoms with Gasteiger partial charge in [-0.15, -0.1) is 0 Å². The van der Waals surface area contributed by atoms with Crippen molar-refractivity contribution in [2.75, 3.05) is 19.0 Å². The molecule has 11 heteroatoms. The van der Waals surface area contributed by atoms with E-state index >= 15 is 0 Å². The highest BCUT2D eigenvalue weighted by atomic mass is 79.9. The average Bonchev–Trinajstić information content (AvgIpc) is 2.97. The number of nitro benzene ring substituents is 1. The van der Waals surface area contributed by atoms with E-state index in [-0.39, 0.29) is 40.8 Å². The maximum absolute atomic E-state index is 13.2. The number of rotatable bonds is 9. The molecule has 0 radical (unpaired) electrons. The van der Waals surface area contributed by atoms with Crippen molar-refractivity contribution in [2.24, 2.45) is 0 Å². The van der Waals surface area contributed by atoms with E-state index in [9.17, 15) is 25.0 Å². The van der Waals surface area contributed by atoms with Gasteiger partial charge < -0.3 is 19.5 Å². The van der Waals surface area contributed by atoms with Crippen LogP contribution in [0.5, 0.6) is 17.2 Å². The molecule has 0 aliphatic rings. The quantitative estimate of drug-likeness (QED) is 0.0548. The van der Waals surface area contributed by atoms with Gasteiger partial charge in [0.2, 0.25) is 0 Å². The number of anilines is 1. The Hall–Kier alpha value is -5.21. The lowest BCUT2D eigenvalue weighted by atomic mass is 10.0. The van der Waals surface area contributed by atoms with Crippen LogP contribution >= 0.6 is 15.9 Å². The molecule has 1 N–H and O–H groups in total. The number of nitrogens with one attached hydrogen (secondary N) is 1. The topological polar surface area (TPSA) is 141 Å². The van der Waals surface area contributed by atoms with Gasteiger partial charge in [-0.05, 0) is 69.5 Å². The Morgan fingerprint density at radius 1 is 1.07 bits per heavy atom. The minimum absolute atomic E-state index is 0.0275. The molecule has 1 amide bonds. The number of nitro groups is 1. The molecule has 10 nitrogen and oxygen atoms in total. The van der Waals surface area contributed by atoms with Crippen molar-refractivity contribution in [2.45, 2.75) is 6.92 Å². The third-order valence-corrected chi connectivity index (χ3v) is 6.44. The smallest absolute Gasteiger partial charge is 0.344 e. The zero-order valence-electron chi connectivity index (χ0n) is 21.8. The second-order valence-electron chi connectivity index (χ2n) is 8.44. The first-order chi connectivity index (χ1) is 19.7. The minimum Gasteiger partial charge on any atom is -0.495 e. The van der Waals surface area contributed by atoms with Crippen LogP contribution in [0.3, 0.4) is 0 Å². The number of hydrogen-bond acceptors (Lipinski definition) is 8. The molecular weight excluding hydrogens is 594 g/mol. The number of benzene rings is 4. The minimum atomic E-state index is -0.813. The fourth-order valence-electron chi connectivity index (χ4n) is 4.00. The zero-order chi connectivity index (χ0) is 29.5. The first-order valence-corrected chi connectivity index (χ1v) is 13.0. The van der Waals surface area contributed by atoms with E-state index in [1.165, 1.54) is 31.4 Å². The Kier molecular flexibility index (Phi) is 8.96. The summed E-state index contributed by atoms with van der Waals surface area (Å²) in [6.45, 7) is 2.00. The Bertz CT molecular complexity index is 1740. The van der Waals surface area contributed by atoms with Gasteiger partial charge in [0.15, 0.2) is 11.5 Å². The highest BCUT2D eigenvalue weighted by Crippen LogP contribution is 2.38. The van der Waals surface area contributed by atoms with Gasteiger partial charge in [0.05, 0.1) is 34.4 Å². The highest BCUT2D eigenvalue weighted by Gasteiger charge is 2.20. The first kappa shape index (κ1) is 28.8. The lowest BCUT2D eigenvalue weighted by Gasteiger charge is -2.14. The normalized spacial score (nSPS) is 10.9. The third-order valence-electron chi connectivity index (χ3n) is 5.85. The fourth-order valence-corrected chi connectivity index (χ4v) is 4.54. The standard InChI is InChI=1S/C30H22BrN3O7/c1-3-40-27-15-18(13-20(17-32)29(35)33-25-16-21(34(37)38)11-12-26(25)39-2)14-24(31)28(27)41-30(36)23-10-6-8-19-7-4-5-9-22(19)23/h4-16H,3H2,1-2H3,(H,33,35)/b20-13+. The average molecular weight is 616 g/mol. The molecule has 0 aromatic heterocycles. The molecule has 0 unspecified atom stereocenters. The molecule has 41 heavy (non-hydrogen) atoms. The molecule has 206 valence electrons. The van der Waals surface area contributed by atoms with Crippen LogP contribution in [0.1, 0.15) is 22.8 Å². The summed E-state index contributed by atoms with van der Waals surface area (Å²) in [6.07, 6.45) is 1.31. The van der Waals surface area contributed by atoms with Crippen LogP contribution in [0.4, 0.5) is 11.4 Å². The summed E-state index contributed by atoms with van der Waals surface area (Å²) < 4.78 is 17.0. The zero-order valence-corrected chi connectivity index (χ0v) is 23.4. The summed E-state index contributed by atoms with van der Waals surface area (Å²) in [6, 6.07) is 21.4. The number of fused-ring (bicyclic) bond motifs is 1. The largest absolute Gasteiger partial charge is 0.495 e. The maximum Gasteiger partial charge on any atom is 0.344 e. The molecule has 4 rings (SSSR count). The summed E-state index contributed by atoms with van der Waals surface area (Å²) in [5, 5.41) is 25.0. The van der Waals surface area contributed by atoms with E-state index in [0.29, 0.717) is 15.6 Å². The first-order valence-electron chi connectivity index (χ1n) is 12.2. The number of ether oxygens (including phenoxy) is 3. The van der Waals surface area contributed by atoms with E-state index < -0.39 is 16.8 Å². The van der Waals surface area contributed by atoms with Crippen LogP contribution in [0.15, 0.2) is 82.8 Å². The molecule has 4 aromatic carbocycles. The van der Waals surface area contributed by atoms with Crippen LogP contribution in [0.25, 0.3) is 16.8 Å². The second-order valence-corrected chi connectivity index (χ2v) is 9.30. The number of hydrogen-bond donors (Lipinski definition) is 1. The van der Waals surface area contributed by atoms with Gasteiger partial charge in [-0.2, -0.15) is 5.26 Å². The van der Waals surface area contributed by atoms with Crippen LogP contribution in [0.2, 0.25) is 0 Å².